The van der Waals surface area contributed by atoms with Crippen molar-refractivity contribution in [2.45, 2.75) is 13.1 Å². The molecule has 90 valence electrons. The largest absolute Gasteiger partial charge is 0.350 e. The summed E-state index contributed by atoms with van der Waals surface area (Å²) < 4.78 is 4.12. The fourth-order valence-electron chi connectivity index (χ4n) is 2.03. The molecular formula is C15H15N3. The molecule has 0 aliphatic carbocycles. The average Bonchev–Trinajstić information content (AvgIpc) is 3.03. The van der Waals surface area contributed by atoms with Crippen LogP contribution >= 0.6 is 0 Å². The summed E-state index contributed by atoms with van der Waals surface area (Å²) in [6.07, 6.45) is 8.17. The maximum Gasteiger partial charge on any atom is 0.0659 e. The molecule has 0 N–H and O–H groups in total. The van der Waals surface area contributed by atoms with Gasteiger partial charge in [-0.1, -0.05) is 30.3 Å². The third kappa shape index (κ3) is 2.51. The van der Waals surface area contributed by atoms with Crippen LogP contribution in [0.1, 0.15) is 11.1 Å². The molecule has 2 aromatic heterocycles. The Kier molecular flexibility index (Phi) is 2.96. The molecule has 3 heteroatoms. The monoisotopic (exact) mass is 237 g/mol. The normalized spacial score (nSPS) is 10.7. The van der Waals surface area contributed by atoms with Gasteiger partial charge in [0.05, 0.1) is 19.3 Å². The van der Waals surface area contributed by atoms with Gasteiger partial charge in [-0.2, -0.15) is 5.10 Å². The third-order valence-corrected chi connectivity index (χ3v) is 2.91. The van der Waals surface area contributed by atoms with Gasteiger partial charge in [0.15, 0.2) is 0 Å². The molecule has 0 aliphatic rings. The molecule has 0 aliphatic heterocycles. The number of hydrogen-bond donors (Lipinski definition) is 0. The number of aromatic nitrogens is 3. The fraction of sp³-hybridized carbons (Fsp3) is 0.133. The molecule has 1 aromatic carbocycles. The molecule has 3 nitrogen and oxygen atoms in total. The van der Waals surface area contributed by atoms with Gasteiger partial charge in [0.25, 0.3) is 0 Å². The summed E-state index contributed by atoms with van der Waals surface area (Å²) in [5, 5.41) is 4.40. The Balaban J connectivity index is 1.70. The summed E-state index contributed by atoms with van der Waals surface area (Å²) in [5.41, 5.74) is 2.50. The van der Waals surface area contributed by atoms with Crippen LogP contribution in [0.5, 0.6) is 0 Å². The molecular weight excluding hydrogens is 222 g/mol. The van der Waals surface area contributed by atoms with E-state index >= 15 is 0 Å². The van der Waals surface area contributed by atoms with Crippen LogP contribution in [-0.2, 0) is 13.1 Å². The average molecular weight is 237 g/mol. The van der Waals surface area contributed by atoms with Gasteiger partial charge in [0.1, 0.15) is 0 Å². The van der Waals surface area contributed by atoms with Crippen molar-refractivity contribution in [1.29, 1.82) is 0 Å². The van der Waals surface area contributed by atoms with Gasteiger partial charge in [0, 0.05) is 24.2 Å². The first-order chi connectivity index (χ1) is 8.90. The molecule has 0 atom stereocenters. The van der Waals surface area contributed by atoms with Crippen molar-refractivity contribution in [2.75, 3.05) is 0 Å². The second-order valence-corrected chi connectivity index (χ2v) is 4.39. The summed E-state index contributed by atoms with van der Waals surface area (Å²) in [7, 11) is 0. The second kappa shape index (κ2) is 4.92. The zero-order chi connectivity index (χ0) is 12.2. The highest BCUT2D eigenvalue weighted by Crippen LogP contribution is 2.05. The van der Waals surface area contributed by atoms with Crippen LogP contribution in [0.4, 0.5) is 0 Å². The summed E-state index contributed by atoms with van der Waals surface area (Å²) in [6, 6.07) is 14.5. The van der Waals surface area contributed by atoms with E-state index in [4.69, 9.17) is 0 Å². The van der Waals surface area contributed by atoms with Crippen LogP contribution in [0.2, 0.25) is 0 Å². The van der Waals surface area contributed by atoms with E-state index in [9.17, 15) is 0 Å². The van der Waals surface area contributed by atoms with Crippen LogP contribution in [0.3, 0.4) is 0 Å². The predicted molar refractivity (Wildman–Crippen MR) is 71.3 cm³/mol. The summed E-state index contributed by atoms with van der Waals surface area (Å²) in [6.45, 7) is 1.70. The molecule has 0 amide bonds. The van der Waals surface area contributed by atoms with Crippen molar-refractivity contribution in [3.8, 4) is 0 Å². The van der Waals surface area contributed by atoms with Crippen LogP contribution in [-0.4, -0.2) is 14.3 Å². The Bertz CT molecular complexity index is 594. The van der Waals surface area contributed by atoms with Gasteiger partial charge in [-0.05, 0) is 17.7 Å². The van der Waals surface area contributed by atoms with E-state index in [0.29, 0.717) is 0 Å². The summed E-state index contributed by atoms with van der Waals surface area (Å²) in [5.74, 6) is 0. The van der Waals surface area contributed by atoms with Crippen molar-refractivity contribution in [1.82, 2.24) is 14.3 Å². The first-order valence-corrected chi connectivity index (χ1v) is 6.06. The van der Waals surface area contributed by atoms with Crippen LogP contribution in [0.15, 0.2) is 67.3 Å². The first kappa shape index (κ1) is 10.8. The van der Waals surface area contributed by atoms with E-state index in [1.54, 1.807) is 0 Å². The fourth-order valence-corrected chi connectivity index (χ4v) is 2.03. The van der Waals surface area contributed by atoms with E-state index < -0.39 is 0 Å². The van der Waals surface area contributed by atoms with E-state index in [-0.39, 0.29) is 0 Å². The molecule has 3 aromatic rings. The lowest BCUT2D eigenvalue weighted by Gasteiger charge is -2.01. The highest BCUT2D eigenvalue weighted by Gasteiger charge is 2.00. The minimum atomic E-state index is 0.826. The molecule has 0 fully saturated rings. The molecule has 3 rings (SSSR count). The van der Waals surface area contributed by atoms with Gasteiger partial charge in [-0.3, -0.25) is 4.68 Å². The Hall–Kier alpha value is -2.29. The third-order valence-electron chi connectivity index (χ3n) is 2.91. The Morgan fingerprint density at radius 3 is 2.39 bits per heavy atom. The lowest BCUT2D eigenvalue weighted by molar-refractivity contribution is 0.685. The Labute approximate surface area is 106 Å². The Morgan fingerprint density at radius 1 is 0.833 bits per heavy atom. The molecule has 0 saturated heterocycles. The summed E-state index contributed by atoms with van der Waals surface area (Å²) in [4.78, 5) is 0. The topological polar surface area (TPSA) is 22.8 Å². The highest BCUT2D eigenvalue weighted by atomic mass is 15.3. The quantitative estimate of drug-likeness (QED) is 0.684. The van der Waals surface area contributed by atoms with Crippen molar-refractivity contribution >= 4 is 0 Å². The highest BCUT2D eigenvalue weighted by molar-refractivity contribution is 5.15. The molecule has 0 unspecified atom stereocenters. The second-order valence-electron chi connectivity index (χ2n) is 4.39. The molecule has 0 spiro atoms. The smallest absolute Gasteiger partial charge is 0.0659 e. The van der Waals surface area contributed by atoms with E-state index in [0.717, 1.165) is 13.1 Å². The Morgan fingerprint density at radius 2 is 1.61 bits per heavy atom. The predicted octanol–water partition coefficient (Wildman–Crippen LogP) is 2.78. The van der Waals surface area contributed by atoms with E-state index in [1.807, 2.05) is 29.1 Å². The van der Waals surface area contributed by atoms with Crippen LogP contribution in [0.25, 0.3) is 0 Å². The lowest BCUT2D eigenvalue weighted by Crippen LogP contribution is -1.99. The molecule has 18 heavy (non-hydrogen) atoms. The minimum Gasteiger partial charge on any atom is -0.350 e. The number of nitrogens with zero attached hydrogens (tertiary/aromatic N) is 3. The zero-order valence-electron chi connectivity index (χ0n) is 10.1. The van der Waals surface area contributed by atoms with Crippen LogP contribution < -0.4 is 0 Å². The molecule has 0 saturated carbocycles. The van der Waals surface area contributed by atoms with Crippen molar-refractivity contribution in [3.63, 3.8) is 0 Å². The van der Waals surface area contributed by atoms with Gasteiger partial charge >= 0.3 is 0 Å². The molecule has 0 bridgehead atoms. The maximum absolute atomic E-state index is 4.40. The lowest BCUT2D eigenvalue weighted by atomic mass is 10.2. The summed E-state index contributed by atoms with van der Waals surface area (Å²) >= 11 is 0. The zero-order valence-corrected chi connectivity index (χ0v) is 10.1. The van der Waals surface area contributed by atoms with E-state index in [2.05, 4.69) is 52.5 Å². The number of rotatable bonds is 4. The van der Waals surface area contributed by atoms with Crippen molar-refractivity contribution in [2.24, 2.45) is 0 Å². The molecule has 2 heterocycles. The van der Waals surface area contributed by atoms with Gasteiger partial charge < -0.3 is 4.57 Å². The maximum atomic E-state index is 4.40. The van der Waals surface area contributed by atoms with Crippen molar-refractivity contribution in [3.05, 3.63) is 78.4 Å². The van der Waals surface area contributed by atoms with E-state index in [1.165, 1.54) is 11.1 Å². The minimum absolute atomic E-state index is 0.826. The standard InChI is InChI=1S/C15H15N3/c1-2-6-14(7-3-1)12-18-13-15(10-16-18)11-17-8-4-5-9-17/h1-10,13H,11-12H2. The van der Waals surface area contributed by atoms with Gasteiger partial charge in [-0.25, -0.2) is 0 Å². The van der Waals surface area contributed by atoms with Gasteiger partial charge in [0.2, 0.25) is 0 Å². The molecule has 0 radical (unpaired) electrons. The number of benzene rings is 1. The SMILES string of the molecule is c1ccc(Cn2cc(Cn3cccc3)cn2)cc1. The number of hydrogen-bond acceptors (Lipinski definition) is 1. The van der Waals surface area contributed by atoms with Gasteiger partial charge in [-0.15, -0.1) is 0 Å². The van der Waals surface area contributed by atoms with Crippen molar-refractivity contribution < 1.29 is 0 Å². The van der Waals surface area contributed by atoms with Crippen LogP contribution in [0, 0.1) is 0 Å². The first-order valence-electron chi connectivity index (χ1n) is 6.06.